The van der Waals surface area contributed by atoms with Crippen LogP contribution in [0.1, 0.15) is 18.5 Å². The van der Waals surface area contributed by atoms with E-state index in [0.29, 0.717) is 36.5 Å². The number of ether oxygens (including phenoxy) is 2. The number of rotatable bonds is 7. The first kappa shape index (κ1) is 22.9. The van der Waals surface area contributed by atoms with Crippen LogP contribution in [0.5, 0.6) is 11.5 Å². The van der Waals surface area contributed by atoms with Crippen LogP contribution in [0.4, 0.5) is 11.5 Å². The first-order valence-corrected chi connectivity index (χ1v) is 12.6. The Morgan fingerprint density at radius 3 is 2.88 bits per heavy atom. The quantitative estimate of drug-likeness (QED) is 0.618. The minimum Gasteiger partial charge on any atom is -0.497 e. The van der Waals surface area contributed by atoms with Crippen molar-refractivity contribution < 1.29 is 19.1 Å². The molecule has 3 aliphatic heterocycles. The second kappa shape index (κ2) is 10.2. The molecule has 1 fully saturated rings. The Morgan fingerprint density at radius 2 is 2.06 bits per heavy atom. The summed E-state index contributed by atoms with van der Waals surface area (Å²) in [6, 6.07) is 10.0. The number of aromatic nitrogens is 1. The number of thioether (sulfide) groups is 1. The van der Waals surface area contributed by atoms with Gasteiger partial charge in [0.1, 0.15) is 17.3 Å². The average Bonchev–Trinajstić information content (AvgIpc) is 2.87. The van der Waals surface area contributed by atoms with Crippen LogP contribution in [0.3, 0.4) is 0 Å². The molecule has 9 nitrogen and oxygen atoms in total. The zero-order valence-electron chi connectivity index (χ0n) is 19.2. The van der Waals surface area contributed by atoms with Gasteiger partial charge in [-0.15, -0.1) is 11.8 Å². The summed E-state index contributed by atoms with van der Waals surface area (Å²) in [5.74, 6) is 2.53. The molecule has 2 amide bonds. The van der Waals surface area contributed by atoms with Crippen molar-refractivity contribution in [2.75, 3.05) is 55.9 Å². The van der Waals surface area contributed by atoms with Crippen LogP contribution in [0, 0.1) is 0 Å². The predicted octanol–water partition coefficient (Wildman–Crippen LogP) is 2.11. The molecule has 0 spiro atoms. The Bertz CT molecular complexity index is 1070. The van der Waals surface area contributed by atoms with E-state index >= 15 is 0 Å². The molecule has 4 heterocycles. The maximum absolute atomic E-state index is 12.5. The van der Waals surface area contributed by atoms with Crippen LogP contribution in [0.2, 0.25) is 0 Å². The summed E-state index contributed by atoms with van der Waals surface area (Å²) in [6.45, 7) is 4.16. The van der Waals surface area contributed by atoms with Crippen molar-refractivity contribution in [1.82, 2.24) is 15.2 Å². The molecule has 0 atom stereocenters. The zero-order chi connectivity index (χ0) is 23.5. The van der Waals surface area contributed by atoms with Crippen molar-refractivity contribution in [2.24, 2.45) is 0 Å². The van der Waals surface area contributed by atoms with Crippen molar-refractivity contribution in [3.8, 4) is 11.5 Å². The van der Waals surface area contributed by atoms with E-state index in [-0.39, 0.29) is 18.4 Å². The van der Waals surface area contributed by atoms with Gasteiger partial charge in [0.25, 0.3) is 5.91 Å². The lowest BCUT2D eigenvalue weighted by Crippen LogP contribution is -2.47. The second-order valence-electron chi connectivity index (χ2n) is 8.65. The van der Waals surface area contributed by atoms with Crippen LogP contribution in [-0.2, 0) is 16.1 Å². The fourth-order valence-corrected chi connectivity index (χ4v) is 5.26. The van der Waals surface area contributed by atoms with E-state index in [2.05, 4.69) is 20.5 Å². The Labute approximate surface area is 203 Å². The van der Waals surface area contributed by atoms with Crippen LogP contribution in [0.25, 0.3) is 0 Å². The first-order chi connectivity index (χ1) is 16.6. The molecule has 2 N–H and O–H groups in total. The number of amides is 2. The Kier molecular flexibility index (Phi) is 6.89. The van der Waals surface area contributed by atoms with Crippen LogP contribution < -0.4 is 25.0 Å². The normalized spacial score (nSPS) is 18.7. The van der Waals surface area contributed by atoms with E-state index < -0.39 is 0 Å². The molecule has 10 heteroatoms. The van der Waals surface area contributed by atoms with E-state index in [1.54, 1.807) is 7.11 Å². The van der Waals surface area contributed by atoms with E-state index in [1.807, 2.05) is 35.2 Å². The summed E-state index contributed by atoms with van der Waals surface area (Å²) >= 11 is 1.53. The number of piperidine rings is 1. The number of benzene rings is 1. The largest absolute Gasteiger partial charge is 0.497 e. The topological polar surface area (TPSA) is 96.0 Å². The minimum atomic E-state index is -0.0237. The highest BCUT2D eigenvalue weighted by Gasteiger charge is 2.27. The van der Waals surface area contributed by atoms with Gasteiger partial charge in [0.15, 0.2) is 6.61 Å². The molecule has 0 radical (unpaired) electrons. The zero-order valence-corrected chi connectivity index (χ0v) is 20.0. The van der Waals surface area contributed by atoms with Crippen molar-refractivity contribution >= 4 is 35.1 Å². The molecule has 180 valence electrons. The summed E-state index contributed by atoms with van der Waals surface area (Å²) in [4.78, 5) is 34.0. The van der Waals surface area contributed by atoms with Crippen molar-refractivity contribution in [3.05, 3.63) is 36.0 Å². The third-order valence-electron chi connectivity index (χ3n) is 6.44. The summed E-state index contributed by atoms with van der Waals surface area (Å²) in [7, 11) is 1.62. The maximum Gasteiger partial charge on any atom is 0.265 e. The van der Waals surface area contributed by atoms with Crippen LogP contribution in [0.15, 0.2) is 35.2 Å². The molecule has 0 bridgehead atoms. The Hall–Kier alpha value is -2.82. The van der Waals surface area contributed by atoms with Gasteiger partial charge in [0.05, 0.1) is 29.1 Å². The third kappa shape index (κ3) is 5.13. The van der Waals surface area contributed by atoms with Gasteiger partial charge >= 0.3 is 0 Å². The molecule has 1 aromatic carbocycles. The SMILES string of the molecule is COc1ccc2c(c1)N(CCN1CCC(NCc3ccc4c(n3)NC(=O)CS4)CC1)C(=O)CO2. The second-order valence-corrected chi connectivity index (χ2v) is 9.67. The molecule has 0 aliphatic carbocycles. The van der Waals surface area contributed by atoms with Crippen molar-refractivity contribution in [2.45, 2.75) is 30.3 Å². The number of hydrogen-bond donors (Lipinski definition) is 2. The molecule has 1 aromatic heterocycles. The number of fused-ring (bicyclic) bond motifs is 2. The highest BCUT2D eigenvalue weighted by molar-refractivity contribution is 8.00. The lowest BCUT2D eigenvalue weighted by molar-refractivity contribution is -0.121. The van der Waals surface area contributed by atoms with Gasteiger partial charge in [-0.1, -0.05) is 0 Å². The van der Waals surface area contributed by atoms with Crippen LogP contribution >= 0.6 is 11.8 Å². The molecule has 1 saturated heterocycles. The minimum absolute atomic E-state index is 0.00360. The van der Waals surface area contributed by atoms with Gasteiger partial charge in [-0.05, 0) is 50.2 Å². The van der Waals surface area contributed by atoms with Gasteiger partial charge < -0.3 is 29.9 Å². The van der Waals surface area contributed by atoms with Gasteiger partial charge in [0.2, 0.25) is 5.91 Å². The fourth-order valence-electron chi connectivity index (χ4n) is 4.51. The van der Waals surface area contributed by atoms with Crippen molar-refractivity contribution in [3.63, 3.8) is 0 Å². The molecule has 2 aromatic rings. The van der Waals surface area contributed by atoms with Gasteiger partial charge in [-0.2, -0.15) is 0 Å². The average molecular weight is 484 g/mol. The molecule has 0 unspecified atom stereocenters. The number of hydrogen-bond acceptors (Lipinski definition) is 8. The van der Waals surface area contributed by atoms with Crippen LogP contribution in [-0.4, -0.2) is 73.4 Å². The van der Waals surface area contributed by atoms with E-state index in [4.69, 9.17) is 9.47 Å². The summed E-state index contributed by atoms with van der Waals surface area (Å²) in [5.41, 5.74) is 1.71. The lowest BCUT2D eigenvalue weighted by atomic mass is 10.0. The number of methoxy groups -OCH3 is 1. The Balaban J connectivity index is 1.10. The number of nitrogens with one attached hydrogen (secondary N) is 2. The number of nitrogens with zero attached hydrogens (tertiary/aromatic N) is 3. The fraction of sp³-hybridized carbons (Fsp3) is 0.458. The number of anilines is 2. The molecular formula is C24H29N5O4S. The molecule has 3 aliphatic rings. The summed E-state index contributed by atoms with van der Waals surface area (Å²) in [6.07, 6.45) is 2.08. The molecule has 34 heavy (non-hydrogen) atoms. The lowest BCUT2D eigenvalue weighted by Gasteiger charge is -2.35. The summed E-state index contributed by atoms with van der Waals surface area (Å²) < 4.78 is 10.9. The van der Waals surface area contributed by atoms with E-state index in [1.165, 1.54) is 11.8 Å². The van der Waals surface area contributed by atoms with Crippen molar-refractivity contribution in [1.29, 1.82) is 0 Å². The molecule has 0 saturated carbocycles. The van der Waals surface area contributed by atoms with Gasteiger partial charge in [-0.25, -0.2) is 4.98 Å². The standard InChI is InChI=1S/C24H29N5O4S/c1-32-18-3-4-20-19(12-18)29(23(31)14-33-20)11-10-28-8-6-16(7-9-28)25-13-17-2-5-21-24(26-17)27-22(30)15-34-21/h2-5,12,16,25H,6-11,13-15H2,1H3,(H,26,27,30). The van der Waals surface area contributed by atoms with Gasteiger partial charge in [0, 0.05) is 31.7 Å². The highest BCUT2D eigenvalue weighted by Crippen LogP contribution is 2.35. The smallest absolute Gasteiger partial charge is 0.265 e. The number of pyridine rings is 1. The van der Waals surface area contributed by atoms with Gasteiger partial charge in [-0.3, -0.25) is 9.59 Å². The molecular weight excluding hydrogens is 454 g/mol. The summed E-state index contributed by atoms with van der Waals surface area (Å²) in [5, 5.41) is 6.46. The maximum atomic E-state index is 12.5. The number of carbonyl (C=O) groups is 2. The number of likely N-dealkylation sites (tertiary alicyclic amines) is 1. The predicted molar refractivity (Wildman–Crippen MR) is 131 cm³/mol. The van der Waals surface area contributed by atoms with E-state index in [0.717, 1.165) is 54.5 Å². The highest BCUT2D eigenvalue weighted by atomic mass is 32.2. The Morgan fingerprint density at radius 1 is 1.21 bits per heavy atom. The van der Waals surface area contributed by atoms with E-state index in [9.17, 15) is 9.59 Å². The number of carbonyl (C=O) groups excluding carboxylic acids is 2. The third-order valence-corrected chi connectivity index (χ3v) is 7.49. The molecule has 5 rings (SSSR count). The monoisotopic (exact) mass is 483 g/mol. The first-order valence-electron chi connectivity index (χ1n) is 11.6.